The quantitative estimate of drug-likeness (QED) is 0.813. The molecule has 0 saturated carbocycles. The molecule has 0 aromatic heterocycles. The molecular weight excluding hydrogens is 260 g/mol. The first-order valence-corrected chi connectivity index (χ1v) is 7.29. The Labute approximate surface area is 119 Å². The van der Waals surface area contributed by atoms with Crippen LogP contribution in [0.3, 0.4) is 0 Å². The molecule has 4 heteroatoms. The highest BCUT2D eigenvalue weighted by Crippen LogP contribution is 2.31. The van der Waals surface area contributed by atoms with Gasteiger partial charge < -0.3 is 10.2 Å². The second-order valence-electron chi connectivity index (χ2n) is 5.26. The van der Waals surface area contributed by atoms with Crippen molar-refractivity contribution in [3.05, 3.63) is 28.8 Å². The number of hydrogen-bond acceptors (Lipinski definition) is 2. The summed E-state index contributed by atoms with van der Waals surface area (Å²) in [5.41, 5.74) is 2.07. The van der Waals surface area contributed by atoms with Crippen LogP contribution in [0.2, 0.25) is 5.02 Å². The number of carbonyl (C=O) groups excluding carboxylic acids is 1. The topological polar surface area (TPSA) is 32.3 Å². The van der Waals surface area contributed by atoms with Crippen molar-refractivity contribution in [1.29, 1.82) is 0 Å². The van der Waals surface area contributed by atoms with Gasteiger partial charge in [0, 0.05) is 17.3 Å². The Kier molecular flexibility index (Phi) is 4.83. The second kappa shape index (κ2) is 6.40. The van der Waals surface area contributed by atoms with Gasteiger partial charge in [-0.1, -0.05) is 31.5 Å². The molecule has 1 atom stereocenters. The summed E-state index contributed by atoms with van der Waals surface area (Å²) < 4.78 is 0. The van der Waals surface area contributed by atoms with E-state index in [1.165, 1.54) is 0 Å². The summed E-state index contributed by atoms with van der Waals surface area (Å²) in [5.74, 6) is 0.611. The molecule has 1 aromatic rings. The lowest BCUT2D eigenvalue weighted by Crippen LogP contribution is -2.35. The molecule has 2 rings (SSSR count). The predicted molar refractivity (Wildman–Crippen MR) is 79.8 cm³/mol. The molecule has 0 aliphatic carbocycles. The molecule has 1 aliphatic rings. The molecule has 19 heavy (non-hydrogen) atoms. The van der Waals surface area contributed by atoms with E-state index in [2.05, 4.69) is 19.2 Å². The number of halogens is 1. The van der Waals surface area contributed by atoms with Crippen molar-refractivity contribution in [3.8, 4) is 0 Å². The molecule has 1 aliphatic heterocycles. The van der Waals surface area contributed by atoms with Gasteiger partial charge in [-0.3, -0.25) is 4.79 Å². The minimum atomic E-state index is 0.180. The SMILES string of the molecule is CCCNCC(C)CN1C(=O)Cc2ccc(Cl)cc21. The lowest BCUT2D eigenvalue weighted by atomic mass is 10.1. The number of nitrogens with one attached hydrogen (secondary N) is 1. The molecule has 1 unspecified atom stereocenters. The van der Waals surface area contributed by atoms with E-state index in [9.17, 15) is 4.79 Å². The fraction of sp³-hybridized carbons (Fsp3) is 0.533. The highest BCUT2D eigenvalue weighted by Gasteiger charge is 2.28. The largest absolute Gasteiger partial charge is 0.316 e. The Morgan fingerprint density at radius 1 is 1.47 bits per heavy atom. The van der Waals surface area contributed by atoms with Crippen LogP contribution in [0.1, 0.15) is 25.8 Å². The molecular formula is C15H21ClN2O. The molecule has 1 N–H and O–H groups in total. The van der Waals surface area contributed by atoms with E-state index < -0.39 is 0 Å². The third kappa shape index (κ3) is 3.48. The highest BCUT2D eigenvalue weighted by atomic mass is 35.5. The van der Waals surface area contributed by atoms with Gasteiger partial charge in [0.1, 0.15) is 0 Å². The monoisotopic (exact) mass is 280 g/mol. The van der Waals surface area contributed by atoms with Crippen LogP contribution in [-0.2, 0) is 11.2 Å². The number of anilines is 1. The molecule has 0 saturated heterocycles. The van der Waals surface area contributed by atoms with Crippen molar-refractivity contribution in [3.63, 3.8) is 0 Å². The number of fused-ring (bicyclic) bond motifs is 1. The Hall–Kier alpha value is -1.06. The molecule has 0 spiro atoms. The summed E-state index contributed by atoms with van der Waals surface area (Å²) in [6, 6.07) is 5.70. The van der Waals surface area contributed by atoms with Gasteiger partial charge in [0.15, 0.2) is 0 Å². The first kappa shape index (κ1) is 14.4. The maximum absolute atomic E-state index is 12.1. The fourth-order valence-electron chi connectivity index (χ4n) is 2.43. The average Bonchev–Trinajstić information content (AvgIpc) is 2.66. The van der Waals surface area contributed by atoms with Crippen molar-refractivity contribution in [2.75, 3.05) is 24.5 Å². The van der Waals surface area contributed by atoms with Gasteiger partial charge in [0.05, 0.1) is 6.42 Å². The van der Waals surface area contributed by atoms with Crippen molar-refractivity contribution in [2.24, 2.45) is 5.92 Å². The zero-order valence-corrected chi connectivity index (χ0v) is 12.3. The summed E-state index contributed by atoms with van der Waals surface area (Å²) in [6.07, 6.45) is 1.63. The molecule has 104 valence electrons. The first-order chi connectivity index (χ1) is 9.11. The average molecular weight is 281 g/mol. The smallest absolute Gasteiger partial charge is 0.231 e. The van der Waals surface area contributed by atoms with Gasteiger partial charge >= 0.3 is 0 Å². The summed E-state index contributed by atoms with van der Waals surface area (Å²) in [4.78, 5) is 13.9. The number of carbonyl (C=O) groups is 1. The van der Waals surface area contributed by atoms with Gasteiger partial charge in [-0.25, -0.2) is 0 Å². The Bertz CT molecular complexity index is 461. The van der Waals surface area contributed by atoms with Crippen LogP contribution >= 0.6 is 11.6 Å². The normalized spacial score (nSPS) is 15.7. The number of rotatable bonds is 6. The van der Waals surface area contributed by atoms with Crippen LogP contribution < -0.4 is 10.2 Å². The van der Waals surface area contributed by atoms with Crippen molar-refractivity contribution >= 4 is 23.2 Å². The second-order valence-corrected chi connectivity index (χ2v) is 5.70. The first-order valence-electron chi connectivity index (χ1n) is 6.91. The summed E-state index contributed by atoms with van der Waals surface area (Å²) in [5, 5.41) is 4.08. The Morgan fingerprint density at radius 2 is 2.26 bits per heavy atom. The Balaban J connectivity index is 2.01. The van der Waals surface area contributed by atoms with E-state index in [0.29, 0.717) is 17.4 Å². The van der Waals surface area contributed by atoms with E-state index in [1.807, 2.05) is 23.1 Å². The number of amides is 1. The standard InChI is InChI=1S/C15H21ClN2O/c1-3-6-17-9-11(2)10-18-14-8-13(16)5-4-12(14)7-15(18)19/h4-5,8,11,17H,3,6-7,9-10H2,1-2H3. The van der Waals surface area contributed by atoms with E-state index in [-0.39, 0.29) is 5.91 Å². The molecule has 3 nitrogen and oxygen atoms in total. The van der Waals surface area contributed by atoms with Gasteiger partial charge in [-0.05, 0) is 43.1 Å². The third-order valence-electron chi connectivity index (χ3n) is 3.39. The van der Waals surface area contributed by atoms with Crippen molar-refractivity contribution in [2.45, 2.75) is 26.7 Å². The minimum absolute atomic E-state index is 0.180. The van der Waals surface area contributed by atoms with Crippen LogP contribution in [0.15, 0.2) is 18.2 Å². The number of hydrogen-bond donors (Lipinski definition) is 1. The lowest BCUT2D eigenvalue weighted by Gasteiger charge is -2.22. The van der Waals surface area contributed by atoms with E-state index >= 15 is 0 Å². The fourth-order valence-corrected chi connectivity index (χ4v) is 2.60. The third-order valence-corrected chi connectivity index (χ3v) is 3.63. The van der Waals surface area contributed by atoms with Crippen LogP contribution in [-0.4, -0.2) is 25.5 Å². The minimum Gasteiger partial charge on any atom is -0.316 e. The maximum atomic E-state index is 12.1. The summed E-state index contributed by atoms with van der Waals surface area (Å²) >= 11 is 6.03. The molecule has 0 fully saturated rings. The van der Waals surface area contributed by atoms with Crippen LogP contribution in [0.25, 0.3) is 0 Å². The van der Waals surface area contributed by atoms with Crippen LogP contribution in [0.4, 0.5) is 5.69 Å². The van der Waals surface area contributed by atoms with E-state index in [4.69, 9.17) is 11.6 Å². The summed E-state index contributed by atoms with van der Waals surface area (Å²) in [7, 11) is 0. The van der Waals surface area contributed by atoms with Gasteiger partial charge in [0.25, 0.3) is 0 Å². The lowest BCUT2D eigenvalue weighted by molar-refractivity contribution is -0.117. The maximum Gasteiger partial charge on any atom is 0.231 e. The molecule has 1 heterocycles. The zero-order valence-electron chi connectivity index (χ0n) is 11.6. The number of benzene rings is 1. The molecule has 1 aromatic carbocycles. The molecule has 0 bridgehead atoms. The van der Waals surface area contributed by atoms with Crippen molar-refractivity contribution < 1.29 is 4.79 Å². The van der Waals surface area contributed by atoms with Gasteiger partial charge in [-0.15, -0.1) is 0 Å². The van der Waals surface area contributed by atoms with Crippen LogP contribution in [0, 0.1) is 5.92 Å². The van der Waals surface area contributed by atoms with Gasteiger partial charge in [0.2, 0.25) is 5.91 Å². The van der Waals surface area contributed by atoms with E-state index in [0.717, 1.165) is 37.3 Å². The van der Waals surface area contributed by atoms with E-state index in [1.54, 1.807) is 0 Å². The summed E-state index contributed by atoms with van der Waals surface area (Å²) in [6.45, 7) is 7.04. The Morgan fingerprint density at radius 3 is 3.00 bits per heavy atom. The molecule has 1 amide bonds. The highest BCUT2D eigenvalue weighted by molar-refractivity contribution is 6.31. The predicted octanol–water partition coefficient (Wildman–Crippen LogP) is 2.86. The zero-order chi connectivity index (χ0) is 13.8. The van der Waals surface area contributed by atoms with Crippen LogP contribution in [0.5, 0.6) is 0 Å². The van der Waals surface area contributed by atoms with Crippen molar-refractivity contribution in [1.82, 2.24) is 5.32 Å². The van der Waals surface area contributed by atoms with Gasteiger partial charge in [-0.2, -0.15) is 0 Å². The number of nitrogens with zero attached hydrogens (tertiary/aromatic N) is 1. The molecule has 0 radical (unpaired) electrons.